The van der Waals surface area contributed by atoms with Crippen LogP contribution in [0, 0.1) is 5.82 Å². The van der Waals surface area contributed by atoms with Gasteiger partial charge in [0.05, 0.1) is 6.54 Å². The highest BCUT2D eigenvalue weighted by Crippen LogP contribution is 2.23. The Kier molecular flexibility index (Phi) is 8.23. The Morgan fingerprint density at radius 1 is 1.22 bits per heavy atom. The fourth-order valence-electron chi connectivity index (χ4n) is 3.43. The Morgan fingerprint density at radius 2 is 2.00 bits per heavy atom. The predicted octanol–water partition coefficient (Wildman–Crippen LogP) is 3.24. The van der Waals surface area contributed by atoms with E-state index in [1.54, 1.807) is 12.1 Å². The van der Waals surface area contributed by atoms with Crippen LogP contribution < -0.4 is 5.32 Å². The molecule has 0 radical (unpaired) electrons. The van der Waals surface area contributed by atoms with Crippen molar-refractivity contribution in [2.45, 2.75) is 19.5 Å². The van der Waals surface area contributed by atoms with E-state index in [0.29, 0.717) is 19.6 Å². The maximum Gasteiger partial charge on any atom is 0.237 e. The molecule has 1 atom stereocenters. The van der Waals surface area contributed by atoms with Crippen molar-refractivity contribution in [3.05, 3.63) is 71.5 Å². The van der Waals surface area contributed by atoms with Gasteiger partial charge in [0.25, 0.3) is 0 Å². The maximum atomic E-state index is 13.6. The van der Waals surface area contributed by atoms with Crippen LogP contribution in [0.2, 0.25) is 0 Å². The minimum Gasteiger partial charge on any atom is -0.338 e. The third-order valence-electron chi connectivity index (χ3n) is 4.88. The molecule has 27 heavy (non-hydrogen) atoms. The number of piperazine rings is 1. The standard InChI is InChI=1S/C21H26FN3O.ClH/c1-2-24(15-17-7-4-3-5-8-17)21(26)16-25-12-11-23-14-20(25)18-9-6-10-19(22)13-18;/h3-10,13,20,23H,2,11-12,14-16H2,1H3;1H. The highest BCUT2D eigenvalue weighted by molar-refractivity contribution is 5.85. The fourth-order valence-corrected chi connectivity index (χ4v) is 3.43. The smallest absolute Gasteiger partial charge is 0.237 e. The summed E-state index contributed by atoms with van der Waals surface area (Å²) in [6.07, 6.45) is 0. The minimum absolute atomic E-state index is 0. The topological polar surface area (TPSA) is 35.6 Å². The highest BCUT2D eigenvalue weighted by atomic mass is 35.5. The summed E-state index contributed by atoms with van der Waals surface area (Å²) in [6.45, 7) is 5.98. The minimum atomic E-state index is -0.237. The number of amides is 1. The molecule has 1 unspecified atom stereocenters. The van der Waals surface area contributed by atoms with Crippen LogP contribution in [0.4, 0.5) is 4.39 Å². The van der Waals surface area contributed by atoms with E-state index >= 15 is 0 Å². The summed E-state index contributed by atoms with van der Waals surface area (Å²) < 4.78 is 13.6. The number of hydrogen-bond donors (Lipinski definition) is 1. The highest BCUT2D eigenvalue weighted by Gasteiger charge is 2.27. The lowest BCUT2D eigenvalue weighted by molar-refractivity contribution is -0.133. The van der Waals surface area contributed by atoms with Gasteiger partial charge < -0.3 is 10.2 Å². The molecule has 4 nitrogen and oxygen atoms in total. The zero-order valence-electron chi connectivity index (χ0n) is 15.6. The lowest BCUT2D eigenvalue weighted by Gasteiger charge is -2.37. The Labute approximate surface area is 166 Å². The number of benzene rings is 2. The van der Waals surface area contributed by atoms with Crippen LogP contribution in [-0.4, -0.2) is 48.4 Å². The number of halogens is 2. The number of carbonyl (C=O) groups is 1. The third-order valence-corrected chi connectivity index (χ3v) is 4.88. The van der Waals surface area contributed by atoms with Crippen molar-refractivity contribution >= 4 is 18.3 Å². The molecule has 0 saturated carbocycles. The molecule has 1 heterocycles. The van der Waals surface area contributed by atoms with Crippen molar-refractivity contribution in [2.75, 3.05) is 32.7 Å². The van der Waals surface area contributed by atoms with Gasteiger partial charge in [-0.2, -0.15) is 0 Å². The van der Waals surface area contributed by atoms with Gasteiger partial charge in [0, 0.05) is 38.8 Å². The number of rotatable bonds is 6. The number of nitrogens with one attached hydrogen (secondary N) is 1. The van der Waals surface area contributed by atoms with Gasteiger partial charge in [-0.25, -0.2) is 4.39 Å². The van der Waals surface area contributed by atoms with E-state index in [2.05, 4.69) is 10.2 Å². The summed E-state index contributed by atoms with van der Waals surface area (Å²) in [7, 11) is 0. The van der Waals surface area contributed by atoms with Gasteiger partial charge in [-0.05, 0) is 30.2 Å². The number of hydrogen-bond acceptors (Lipinski definition) is 3. The summed E-state index contributed by atoms with van der Waals surface area (Å²) >= 11 is 0. The first-order valence-corrected chi connectivity index (χ1v) is 9.19. The van der Waals surface area contributed by atoms with Gasteiger partial charge >= 0.3 is 0 Å². The van der Waals surface area contributed by atoms with Crippen molar-refractivity contribution in [3.63, 3.8) is 0 Å². The second kappa shape index (κ2) is 10.4. The first-order valence-electron chi connectivity index (χ1n) is 9.19. The molecule has 0 bridgehead atoms. The molecule has 0 aliphatic carbocycles. The SMILES string of the molecule is CCN(Cc1ccccc1)C(=O)CN1CCNCC1c1cccc(F)c1.Cl. The van der Waals surface area contributed by atoms with Crippen LogP contribution in [0.1, 0.15) is 24.1 Å². The molecule has 1 N–H and O–H groups in total. The second-order valence-corrected chi connectivity index (χ2v) is 6.64. The van der Waals surface area contributed by atoms with E-state index in [9.17, 15) is 9.18 Å². The summed E-state index contributed by atoms with van der Waals surface area (Å²) in [6, 6.07) is 16.7. The quantitative estimate of drug-likeness (QED) is 0.821. The molecule has 1 saturated heterocycles. The van der Waals surface area contributed by atoms with E-state index in [4.69, 9.17) is 0 Å². The second-order valence-electron chi connectivity index (χ2n) is 6.64. The average Bonchev–Trinajstić information content (AvgIpc) is 2.67. The van der Waals surface area contributed by atoms with Crippen LogP contribution >= 0.6 is 12.4 Å². The molecule has 1 fully saturated rings. The van der Waals surface area contributed by atoms with Gasteiger partial charge in [-0.3, -0.25) is 9.69 Å². The van der Waals surface area contributed by atoms with E-state index in [0.717, 1.165) is 30.8 Å². The molecule has 3 rings (SSSR count). The van der Waals surface area contributed by atoms with Gasteiger partial charge in [-0.15, -0.1) is 12.4 Å². The largest absolute Gasteiger partial charge is 0.338 e. The maximum absolute atomic E-state index is 13.6. The van der Waals surface area contributed by atoms with E-state index in [1.165, 1.54) is 6.07 Å². The zero-order valence-corrected chi connectivity index (χ0v) is 16.4. The van der Waals surface area contributed by atoms with Crippen LogP contribution in [0.25, 0.3) is 0 Å². The van der Waals surface area contributed by atoms with Crippen LogP contribution in [0.3, 0.4) is 0 Å². The Morgan fingerprint density at radius 3 is 2.70 bits per heavy atom. The molecule has 0 spiro atoms. The predicted molar refractivity (Wildman–Crippen MR) is 108 cm³/mol. The monoisotopic (exact) mass is 391 g/mol. The molecule has 2 aromatic rings. The summed E-state index contributed by atoms with van der Waals surface area (Å²) in [5.74, 6) is -0.127. The van der Waals surface area contributed by atoms with Crippen molar-refractivity contribution in [1.82, 2.24) is 15.1 Å². The summed E-state index contributed by atoms with van der Waals surface area (Å²) in [5.41, 5.74) is 2.04. The Balaban J connectivity index is 0.00000261. The van der Waals surface area contributed by atoms with Crippen LogP contribution in [0.5, 0.6) is 0 Å². The Bertz CT molecular complexity index is 728. The molecule has 1 aliphatic rings. The van der Waals surface area contributed by atoms with E-state index < -0.39 is 0 Å². The normalized spacial score (nSPS) is 17.2. The molecule has 1 aliphatic heterocycles. The van der Waals surface area contributed by atoms with Crippen LogP contribution in [0.15, 0.2) is 54.6 Å². The van der Waals surface area contributed by atoms with Crippen molar-refractivity contribution < 1.29 is 9.18 Å². The van der Waals surface area contributed by atoms with Gasteiger partial charge in [0.1, 0.15) is 5.82 Å². The molecule has 2 aromatic carbocycles. The molecular formula is C21H27ClFN3O. The molecule has 1 amide bonds. The van der Waals surface area contributed by atoms with Crippen molar-refractivity contribution in [3.8, 4) is 0 Å². The number of nitrogens with zero attached hydrogens (tertiary/aromatic N) is 2. The van der Waals surface area contributed by atoms with E-state index in [-0.39, 0.29) is 30.2 Å². The third kappa shape index (κ3) is 5.76. The summed E-state index contributed by atoms with van der Waals surface area (Å²) in [5, 5.41) is 3.35. The van der Waals surface area contributed by atoms with Gasteiger partial charge in [0.15, 0.2) is 0 Å². The van der Waals surface area contributed by atoms with Crippen molar-refractivity contribution in [1.29, 1.82) is 0 Å². The zero-order chi connectivity index (χ0) is 18.4. The molecule has 146 valence electrons. The summed E-state index contributed by atoms with van der Waals surface area (Å²) in [4.78, 5) is 16.9. The number of carbonyl (C=O) groups excluding carboxylic acids is 1. The lowest BCUT2D eigenvalue weighted by atomic mass is 10.0. The fraction of sp³-hybridized carbons (Fsp3) is 0.381. The molecule has 0 aromatic heterocycles. The van der Waals surface area contributed by atoms with Crippen LogP contribution in [-0.2, 0) is 11.3 Å². The lowest BCUT2D eigenvalue weighted by Crippen LogP contribution is -2.50. The average molecular weight is 392 g/mol. The Hall–Kier alpha value is -1.95. The first-order chi connectivity index (χ1) is 12.7. The first kappa shape index (κ1) is 21.4. The van der Waals surface area contributed by atoms with E-state index in [1.807, 2.05) is 48.2 Å². The van der Waals surface area contributed by atoms with Crippen molar-refractivity contribution in [2.24, 2.45) is 0 Å². The van der Waals surface area contributed by atoms with Gasteiger partial charge in [0.2, 0.25) is 5.91 Å². The van der Waals surface area contributed by atoms with Gasteiger partial charge in [-0.1, -0.05) is 42.5 Å². The number of likely N-dealkylation sites (N-methyl/N-ethyl adjacent to an activating group) is 1. The molecular weight excluding hydrogens is 365 g/mol. The molecule has 6 heteroatoms.